The third kappa shape index (κ3) is 4.21. The van der Waals surface area contributed by atoms with E-state index in [1.165, 1.54) is 34.1 Å². The fraction of sp³-hybridized carbons (Fsp3) is 0.208. The third-order valence-corrected chi connectivity index (χ3v) is 6.08. The summed E-state index contributed by atoms with van der Waals surface area (Å²) in [7, 11) is 0. The average Bonchev–Trinajstić information content (AvgIpc) is 3.14. The van der Waals surface area contributed by atoms with Crippen molar-refractivity contribution in [2.75, 3.05) is 18.4 Å². The fourth-order valence-corrected chi connectivity index (χ4v) is 4.26. The van der Waals surface area contributed by atoms with Crippen molar-refractivity contribution in [3.63, 3.8) is 0 Å². The van der Waals surface area contributed by atoms with Crippen LogP contribution in [0.25, 0.3) is 0 Å². The number of anilines is 1. The van der Waals surface area contributed by atoms with Crippen LogP contribution in [0, 0.1) is 5.82 Å². The van der Waals surface area contributed by atoms with Gasteiger partial charge in [0.2, 0.25) is 5.91 Å². The fourth-order valence-electron chi connectivity index (χ4n) is 4.01. The van der Waals surface area contributed by atoms with E-state index < -0.39 is 23.8 Å². The molecule has 0 spiro atoms. The maximum atomic E-state index is 13.5. The van der Waals surface area contributed by atoms with Gasteiger partial charge in [-0.15, -0.1) is 6.58 Å². The van der Waals surface area contributed by atoms with Gasteiger partial charge in [-0.25, -0.2) is 9.18 Å². The zero-order chi connectivity index (χ0) is 23.7. The smallest absolute Gasteiger partial charge is 0.322 e. The SMILES string of the molecule is C=CCN1C(=O)N[C@H](c2ccccc2Cl)C2=C1CN([C@H](C)C(=O)Nc1ccc(F)cc1)C2=O. The predicted molar refractivity (Wildman–Crippen MR) is 123 cm³/mol. The second-order valence-corrected chi connectivity index (χ2v) is 8.18. The molecule has 33 heavy (non-hydrogen) atoms. The van der Waals surface area contributed by atoms with Crippen molar-refractivity contribution in [3.8, 4) is 0 Å². The Bertz CT molecular complexity index is 1160. The first-order chi connectivity index (χ1) is 15.8. The van der Waals surface area contributed by atoms with E-state index in [1.807, 2.05) is 0 Å². The molecule has 4 amide bonds. The van der Waals surface area contributed by atoms with Gasteiger partial charge in [0.1, 0.15) is 11.9 Å². The minimum Gasteiger partial charge on any atom is -0.326 e. The Morgan fingerprint density at radius 1 is 1.27 bits per heavy atom. The van der Waals surface area contributed by atoms with Crippen molar-refractivity contribution >= 4 is 35.1 Å². The standard InChI is InChI=1S/C24H22ClFN4O3/c1-3-12-29-19-13-30(14(2)22(31)27-16-10-8-15(26)9-11-16)23(32)20(19)21(28-24(29)33)17-6-4-5-7-18(17)25/h3-11,14,21H,1,12-13H2,2H3,(H,27,31)(H,28,33)/t14-,21-/m1/s1. The van der Waals surface area contributed by atoms with Crippen LogP contribution in [0.1, 0.15) is 18.5 Å². The van der Waals surface area contributed by atoms with Gasteiger partial charge >= 0.3 is 6.03 Å². The molecule has 2 aromatic carbocycles. The van der Waals surface area contributed by atoms with E-state index in [0.29, 0.717) is 27.5 Å². The van der Waals surface area contributed by atoms with Crippen LogP contribution < -0.4 is 10.6 Å². The van der Waals surface area contributed by atoms with Gasteiger partial charge in [0.05, 0.1) is 23.9 Å². The lowest BCUT2D eigenvalue weighted by Crippen LogP contribution is -2.47. The normalized spacial score (nSPS) is 18.7. The van der Waals surface area contributed by atoms with Crippen molar-refractivity contribution in [2.24, 2.45) is 0 Å². The monoisotopic (exact) mass is 468 g/mol. The van der Waals surface area contributed by atoms with Gasteiger partial charge in [0.25, 0.3) is 5.91 Å². The Morgan fingerprint density at radius 3 is 2.64 bits per heavy atom. The number of carbonyl (C=O) groups is 3. The summed E-state index contributed by atoms with van der Waals surface area (Å²) in [6.45, 7) is 5.58. The molecule has 0 fully saturated rings. The van der Waals surface area contributed by atoms with Crippen LogP contribution in [0.5, 0.6) is 0 Å². The van der Waals surface area contributed by atoms with E-state index in [9.17, 15) is 18.8 Å². The second-order valence-electron chi connectivity index (χ2n) is 7.77. The highest BCUT2D eigenvalue weighted by Gasteiger charge is 2.46. The summed E-state index contributed by atoms with van der Waals surface area (Å²) < 4.78 is 13.2. The first-order valence-electron chi connectivity index (χ1n) is 10.4. The molecular formula is C24H22ClFN4O3. The first-order valence-corrected chi connectivity index (χ1v) is 10.7. The molecule has 0 aromatic heterocycles. The summed E-state index contributed by atoms with van der Waals surface area (Å²) in [4.78, 5) is 42.1. The van der Waals surface area contributed by atoms with Crippen LogP contribution in [0.2, 0.25) is 5.02 Å². The highest BCUT2D eigenvalue weighted by molar-refractivity contribution is 6.31. The molecule has 0 bridgehead atoms. The lowest BCUT2D eigenvalue weighted by molar-refractivity contribution is -0.133. The largest absolute Gasteiger partial charge is 0.326 e. The van der Waals surface area contributed by atoms with Gasteiger partial charge in [-0.2, -0.15) is 0 Å². The molecule has 0 unspecified atom stereocenters. The molecule has 7 nitrogen and oxygen atoms in total. The molecular weight excluding hydrogens is 447 g/mol. The Morgan fingerprint density at radius 2 is 1.97 bits per heavy atom. The van der Waals surface area contributed by atoms with Crippen LogP contribution in [0.3, 0.4) is 0 Å². The van der Waals surface area contributed by atoms with Crippen molar-refractivity contribution in [1.29, 1.82) is 0 Å². The molecule has 4 rings (SSSR count). The lowest BCUT2D eigenvalue weighted by Gasteiger charge is -2.33. The zero-order valence-electron chi connectivity index (χ0n) is 17.8. The van der Waals surface area contributed by atoms with Gasteiger partial charge in [-0.1, -0.05) is 35.9 Å². The Kier molecular flexibility index (Phi) is 6.20. The number of rotatable bonds is 6. The van der Waals surface area contributed by atoms with Crippen molar-refractivity contribution in [3.05, 3.63) is 88.9 Å². The predicted octanol–water partition coefficient (Wildman–Crippen LogP) is 3.85. The molecule has 2 aliphatic heterocycles. The maximum Gasteiger partial charge on any atom is 0.322 e. The maximum absolute atomic E-state index is 13.5. The minimum absolute atomic E-state index is 0.0778. The van der Waals surface area contributed by atoms with E-state index in [4.69, 9.17) is 11.6 Å². The second kappa shape index (κ2) is 9.07. The first kappa shape index (κ1) is 22.5. The third-order valence-electron chi connectivity index (χ3n) is 5.74. The molecule has 2 atom stereocenters. The number of carbonyl (C=O) groups excluding carboxylic acids is 3. The molecule has 0 saturated carbocycles. The summed E-state index contributed by atoms with van der Waals surface area (Å²) in [5.74, 6) is -1.22. The summed E-state index contributed by atoms with van der Waals surface area (Å²) in [6.07, 6.45) is 1.57. The molecule has 2 aliphatic rings. The number of urea groups is 1. The van der Waals surface area contributed by atoms with Gasteiger partial charge in [-0.3, -0.25) is 14.5 Å². The van der Waals surface area contributed by atoms with Gasteiger partial charge in [-0.05, 0) is 42.8 Å². The van der Waals surface area contributed by atoms with Crippen molar-refractivity contribution in [2.45, 2.75) is 19.0 Å². The van der Waals surface area contributed by atoms with Crippen molar-refractivity contribution in [1.82, 2.24) is 15.1 Å². The number of amides is 4. The van der Waals surface area contributed by atoms with E-state index in [-0.39, 0.29) is 25.0 Å². The van der Waals surface area contributed by atoms with Crippen molar-refractivity contribution < 1.29 is 18.8 Å². The summed E-state index contributed by atoms with van der Waals surface area (Å²) in [5, 5.41) is 5.97. The highest BCUT2D eigenvalue weighted by Crippen LogP contribution is 2.39. The quantitative estimate of drug-likeness (QED) is 0.632. The minimum atomic E-state index is -0.847. The summed E-state index contributed by atoms with van der Waals surface area (Å²) in [6, 6.07) is 10.4. The lowest BCUT2D eigenvalue weighted by atomic mass is 9.95. The van der Waals surface area contributed by atoms with E-state index in [2.05, 4.69) is 17.2 Å². The van der Waals surface area contributed by atoms with Crippen LogP contribution in [-0.2, 0) is 9.59 Å². The number of benzene rings is 2. The van der Waals surface area contributed by atoms with Crippen LogP contribution in [0.15, 0.2) is 72.5 Å². The number of halogens is 2. The molecule has 2 heterocycles. The van der Waals surface area contributed by atoms with E-state index in [0.717, 1.165) is 0 Å². The number of nitrogens with zero attached hydrogens (tertiary/aromatic N) is 2. The molecule has 0 aliphatic carbocycles. The Balaban J connectivity index is 1.64. The summed E-state index contributed by atoms with van der Waals surface area (Å²) in [5.41, 5.74) is 1.88. The van der Waals surface area contributed by atoms with Crippen LogP contribution in [0.4, 0.5) is 14.9 Å². The topological polar surface area (TPSA) is 81.8 Å². The molecule has 2 N–H and O–H groups in total. The molecule has 170 valence electrons. The van der Waals surface area contributed by atoms with E-state index >= 15 is 0 Å². The molecule has 0 radical (unpaired) electrons. The number of nitrogens with one attached hydrogen (secondary N) is 2. The molecule has 0 saturated heterocycles. The Hall–Kier alpha value is -3.65. The highest BCUT2D eigenvalue weighted by atomic mass is 35.5. The van der Waals surface area contributed by atoms with Gasteiger partial charge in [0, 0.05) is 17.3 Å². The van der Waals surface area contributed by atoms with Gasteiger partial charge < -0.3 is 15.5 Å². The number of hydrogen-bond donors (Lipinski definition) is 2. The molecule has 2 aromatic rings. The van der Waals surface area contributed by atoms with Gasteiger partial charge in [0.15, 0.2) is 0 Å². The zero-order valence-corrected chi connectivity index (χ0v) is 18.6. The van der Waals surface area contributed by atoms with E-state index in [1.54, 1.807) is 37.3 Å². The van der Waals surface area contributed by atoms with Crippen LogP contribution in [-0.4, -0.2) is 46.8 Å². The van der Waals surface area contributed by atoms with Crippen LogP contribution >= 0.6 is 11.6 Å². The number of hydrogen-bond acceptors (Lipinski definition) is 3. The summed E-state index contributed by atoms with van der Waals surface area (Å²) >= 11 is 6.37. The molecule has 9 heteroatoms. The average molecular weight is 469 g/mol. The Labute approximate surface area is 195 Å².